The zero-order valence-electron chi connectivity index (χ0n) is 38.4. The summed E-state index contributed by atoms with van der Waals surface area (Å²) in [6, 6.07) is 41.3. The van der Waals surface area contributed by atoms with Crippen molar-refractivity contribution in [1.29, 1.82) is 0 Å². The van der Waals surface area contributed by atoms with Crippen molar-refractivity contribution in [3.63, 3.8) is 0 Å². The van der Waals surface area contributed by atoms with E-state index in [0.717, 1.165) is 80.5 Å². The second-order valence-electron chi connectivity index (χ2n) is 16.9. The predicted octanol–water partition coefficient (Wildman–Crippen LogP) is 10.5. The average Bonchev–Trinajstić information content (AvgIpc) is 4.04. The van der Waals surface area contributed by atoms with Crippen LogP contribution in [0.25, 0.3) is 22.3 Å². The molecule has 0 saturated heterocycles. The summed E-state index contributed by atoms with van der Waals surface area (Å²) in [5.74, 6) is -2.51. The topological polar surface area (TPSA) is 175 Å². The molecule has 5 aromatic carbocycles. The number of nitrogens with two attached hydrogens (primary N) is 1. The van der Waals surface area contributed by atoms with E-state index in [1.807, 2.05) is 103 Å². The Balaban J connectivity index is 0.000000138. The van der Waals surface area contributed by atoms with Crippen LogP contribution in [0.2, 0.25) is 0 Å². The third-order valence-corrected chi connectivity index (χ3v) is 12.7. The van der Waals surface area contributed by atoms with Crippen LogP contribution in [0.5, 0.6) is 0 Å². The fraction of sp³-hybridized carbons (Fsp3) is 0.150. The first-order valence-electron chi connectivity index (χ1n) is 22.5. The number of amides is 1. The fourth-order valence-corrected chi connectivity index (χ4v) is 9.77. The number of carbonyl (C=O) groups excluding carboxylic acids is 8. The maximum atomic E-state index is 12.3. The van der Waals surface area contributed by atoms with Gasteiger partial charge in [0.15, 0.2) is 40.5 Å². The van der Waals surface area contributed by atoms with Crippen molar-refractivity contribution in [2.45, 2.75) is 54.4 Å². The summed E-state index contributed by atoms with van der Waals surface area (Å²) >= 11 is 0. The molecule has 5 aliphatic rings. The van der Waals surface area contributed by atoms with Crippen LogP contribution >= 0.6 is 0 Å². The molecule has 1 amide bonds. The lowest BCUT2D eigenvalue weighted by molar-refractivity contribution is -0.119. The number of benzene rings is 5. The molecule has 348 valence electrons. The molecule has 1 aromatic heterocycles. The van der Waals surface area contributed by atoms with Gasteiger partial charge in [-0.25, -0.2) is 0 Å². The largest absolute Gasteiger partial charge is 0.369 e. The minimum absolute atomic E-state index is 0. The van der Waals surface area contributed by atoms with Gasteiger partial charge in [-0.3, -0.25) is 43.3 Å². The second-order valence-corrected chi connectivity index (χ2v) is 16.9. The van der Waals surface area contributed by atoms with Gasteiger partial charge < -0.3 is 5.73 Å². The Labute approximate surface area is 406 Å². The first-order valence-corrected chi connectivity index (χ1v) is 22.5. The summed E-state index contributed by atoms with van der Waals surface area (Å²) in [7, 11) is 0. The molecule has 0 aliphatic heterocycles. The van der Waals surface area contributed by atoms with E-state index in [9.17, 15) is 38.4 Å². The molecular formula is C60H50N2O8. The number of ketones is 7. The lowest BCUT2D eigenvalue weighted by Crippen LogP contribution is -2.27. The highest BCUT2D eigenvalue weighted by molar-refractivity contribution is 6.37. The van der Waals surface area contributed by atoms with Crippen molar-refractivity contribution in [2.24, 2.45) is 11.7 Å². The van der Waals surface area contributed by atoms with E-state index < -0.39 is 11.8 Å². The van der Waals surface area contributed by atoms with Crippen LogP contribution < -0.4 is 5.73 Å². The van der Waals surface area contributed by atoms with Crippen molar-refractivity contribution in [3.8, 4) is 0 Å². The molecule has 11 rings (SSSR count). The lowest BCUT2D eigenvalue weighted by Gasteiger charge is -2.17. The van der Waals surface area contributed by atoms with Gasteiger partial charge in [-0.15, -0.1) is 0 Å². The Morgan fingerprint density at radius 3 is 1.54 bits per heavy atom. The summed E-state index contributed by atoms with van der Waals surface area (Å²) in [6.45, 7) is 6.17. The number of hydrogen-bond donors (Lipinski definition) is 1. The first kappa shape index (κ1) is 49.3. The number of carbonyl (C=O) groups is 8. The number of rotatable bonds is 6. The summed E-state index contributed by atoms with van der Waals surface area (Å²) < 4.78 is 0. The van der Waals surface area contributed by atoms with E-state index in [1.54, 1.807) is 43.5 Å². The van der Waals surface area contributed by atoms with Crippen molar-refractivity contribution in [2.75, 3.05) is 0 Å². The fourth-order valence-electron chi connectivity index (χ4n) is 9.77. The summed E-state index contributed by atoms with van der Waals surface area (Å²) in [5, 5.41) is 0. The number of pyridine rings is 1. The number of nitrogens with zero attached hydrogens (tertiary/aromatic N) is 1. The van der Waals surface area contributed by atoms with Gasteiger partial charge in [-0.05, 0) is 103 Å². The Hall–Kier alpha value is -8.63. The summed E-state index contributed by atoms with van der Waals surface area (Å²) in [6.07, 6.45) is 7.86. The molecule has 70 heavy (non-hydrogen) atoms. The highest BCUT2D eigenvalue weighted by atomic mass is 16.2. The quantitative estimate of drug-likeness (QED) is 0.126. The SMILES string of the molecule is C.CC(=O)C1=C(c2ccccc2)c2ccccc2C1=O.CC(=O)C1=C(c2ccccc2)c2ccncc2C1=O.CC(=O)C1=C2CCCc3cccc(c32)C1=O.CC=C1c2ccccc2C(=O)C1C(N)=O. The third kappa shape index (κ3) is 8.95. The van der Waals surface area contributed by atoms with Crippen molar-refractivity contribution < 1.29 is 38.4 Å². The molecule has 1 unspecified atom stereocenters. The maximum absolute atomic E-state index is 12.3. The van der Waals surface area contributed by atoms with Gasteiger partial charge in [0.1, 0.15) is 5.92 Å². The van der Waals surface area contributed by atoms with Gasteiger partial charge >= 0.3 is 0 Å². The Kier molecular flexibility index (Phi) is 14.6. The molecule has 1 atom stereocenters. The molecule has 6 aromatic rings. The van der Waals surface area contributed by atoms with E-state index in [4.69, 9.17) is 5.73 Å². The number of primary amides is 1. The van der Waals surface area contributed by atoms with Crippen molar-refractivity contribution in [3.05, 3.63) is 230 Å². The molecule has 0 spiro atoms. The van der Waals surface area contributed by atoms with E-state index in [0.29, 0.717) is 27.8 Å². The second kappa shape index (κ2) is 20.7. The smallest absolute Gasteiger partial charge is 0.232 e. The van der Waals surface area contributed by atoms with Crippen molar-refractivity contribution in [1.82, 2.24) is 4.98 Å². The average molecular weight is 927 g/mol. The lowest BCUT2D eigenvalue weighted by atomic mass is 9.87. The van der Waals surface area contributed by atoms with Gasteiger partial charge in [-0.1, -0.05) is 141 Å². The number of fused-ring (bicyclic) bond motifs is 3. The summed E-state index contributed by atoms with van der Waals surface area (Å²) in [4.78, 5) is 99.0. The van der Waals surface area contributed by atoms with Crippen LogP contribution in [-0.4, -0.2) is 51.4 Å². The zero-order valence-corrected chi connectivity index (χ0v) is 38.4. The van der Waals surface area contributed by atoms with Crippen LogP contribution in [0.3, 0.4) is 0 Å². The van der Waals surface area contributed by atoms with Gasteiger partial charge in [0.2, 0.25) is 5.91 Å². The van der Waals surface area contributed by atoms with E-state index in [-0.39, 0.29) is 53.5 Å². The number of aromatic nitrogens is 1. The molecule has 0 radical (unpaired) electrons. The number of Topliss-reactive ketones (excluding diaryl/α,β-unsaturated/α-hetero) is 7. The monoisotopic (exact) mass is 926 g/mol. The highest BCUT2D eigenvalue weighted by Crippen LogP contribution is 2.43. The van der Waals surface area contributed by atoms with Gasteiger partial charge in [0.05, 0.1) is 16.7 Å². The molecule has 0 fully saturated rings. The van der Waals surface area contributed by atoms with E-state index in [2.05, 4.69) is 11.1 Å². The molecule has 2 N–H and O–H groups in total. The van der Waals surface area contributed by atoms with Crippen molar-refractivity contribution >= 4 is 68.7 Å². The zero-order chi connectivity index (χ0) is 49.1. The number of hydrogen-bond acceptors (Lipinski definition) is 9. The Morgan fingerprint density at radius 2 is 1.00 bits per heavy atom. The van der Waals surface area contributed by atoms with Crippen LogP contribution in [0.15, 0.2) is 169 Å². The molecule has 0 saturated carbocycles. The highest BCUT2D eigenvalue weighted by Gasteiger charge is 2.39. The van der Waals surface area contributed by atoms with Crippen LogP contribution in [0.4, 0.5) is 0 Å². The van der Waals surface area contributed by atoms with Gasteiger partial charge in [0, 0.05) is 45.8 Å². The van der Waals surface area contributed by atoms with E-state index in [1.165, 1.54) is 32.5 Å². The molecule has 1 heterocycles. The maximum Gasteiger partial charge on any atom is 0.232 e. The van der Waals surface area contributed by atoms with Crippen LogP contribution in [0, 0.1) is 5.92 Å². The Morgan fingerprint density at radius 1 is 0.529 bits per heavy atom. The third-order valence-electron chi connectivity index (χ3n) is 12.7. The molecule has 10 nitrogen and oxygen atoms in total. The minimum Gasteiger partial charge on any atom is -0.369 e. The molecular weight excluding hydrogens is 877 g/mol. The molecule has 10 heteroatoms. The normalized spacial score (nSPS) is 16.1. The minimum atomic E-state index is -0.799. The first-order chi connectivity index (χ1) is 33.3. The predicted molar refractivity (Wildman–Crippen MR) is 271 cm³/mol. The molecule has 0 bridgehead atoms. The van der Waals surface area contributed by atoms with E-state index >= 15 is 0 Å². The molecule has 5 aliphatic carbocycles. The van der Waals surface area contributed by atoms with Crippen LogP contribution in [-0.2, 0) is 25.6 Å². The van der Waals surface area contributed by atoms with Crippen LogP contribution in [0.1, 0.15) is 128 Å². The van der Waals surface area contributed by atoms with Gasteiger partial charge in [-0.2, -0.15) is 0 Å². The number of aryl methyl sites for hydroxylation is 1. The van der Waals surface area contributed by atoms with Gasteiger partial charge in [0.25, 0.3) is 0 Å². The Bertz CT molecular complexity index is 3210. The number of allylic oxidation sites excluding steroid dienone is 5. The summed E-state index contributed by atoms with van der Waals surface area (Å²) in [5.41, 5.74) is 18.4. The standard InChI is InChI=1S/C17H12O2.C16H11NO2.C14H12O2.C12H11NO2.CH4/c1-11(18)15-16(12-7-3-2-4-8-12)13-9-5-6-10-14(13)17(15)19;1-10(18)14-15(11-5-3-2-4-6-11)12-7-8-17-9-13(12)16(14)19;1-8(15)12-10-6-2-4-9-5-3-7-11(13(9)10)14(12)16;1-2-7-8-5-3-4-6-9(8)11(14)10(7)12(13)15;/h2-10H,1H3;2-9H,1H3;3,5,7H,2,4,6H2,1H3;2-6,10H,1H3,(H2,13,15);1H4.